The van der Waals surface area contributed by atoms with Crippen LogP contribution in [-0.2, 0) is 14.3 Å². The fourth-order valence-corrected chi connectivity index (χ4v) is 1.94. The number of amides is 1. The smallest absolute Gasteiger partial charge is 0.344 e. The first-order valence-electron chi connectivity index (χ1n) is 7.47. The van der Waals surface area contributed by atoms with Crippen LogP contribution in [0, 0.1) is 0 Å². The van der Waals surface area contributed by atoms with Crippen LogP contribution < -0.4 is 19.5 Å². The van der Waals surface area contributed by atoms with Crippen LogP contribution in [0.5, 0.6) is 17.2 Å². The molecule has 7 heteroatoms. The number of anilines is 1. The van der Waals surface area contributed by atoms with Gasteiger partial charge in [-0.1, -0.05) is 12.1 Å². The number of esters is 1. The molecule has 0 atom stereocenters. The van der Waals surface area contributed by atoms with Crippen molar-refractivity contribution < 1.29 is 28.5 Å². The second-order valence-electron chi connectivity index (χ2n) is 4.87. The van der Waals surface area contributed by atoms with Crippen molar-refractivity contribution in [1.82, 2.24) is 0 Å². The van der Waals surface area contributed by atoms with Crippen LogP contribution in [0.4, 0.5) is 5.69 Å². The SMILES string of the molecule is COc1ccc(OCC(=O)OCC(=O)Nc2ccccc2OC)cc1. The molecular weight excluding hydrogens is 326 g/mol. The number of carbonyl (C=O) groups is 2. The van der Waals surface area contributed by atoms with E-state index >= 15 is 0 Å². The van der Waals surface area contributed by atoms with E-state index in [2.05, 4.69) is 5.32 Å². The molecule has 0 bridgehead atoms. The fourth-order valence-electron chi connectivity index (χ4n) is 1.94. The summed E-state index contributed by atoms with van der Waals surface area (Å²) in [6.45, 7) is -0.711. The van der Waals surface area contributed by atoms with Gasteiger partial charge in [-0.15, -0.1) is 0 Å². The minimum Gasteiger partial charge on any atom is -0.497 e. The molecule has 0 heterocycles. The molecule has 132 valence electrons. The van der Waals surface area contributed by atoms with Crippen molar-refractivity contribution in [3.05, 3.63) is 48.5 Å². The van der Waals surface area contributed by atoms with E-state index < -0.39 is 18.5 Å². The van der Waals surface area contributed by atoms with Crippen molar-refractivity contribution in [2.75, 3.05) is 32.8 Å². The molecule has 0 radical (unpaired) electrons. The third-order valence-electron chi connectivity index (χ3n) is 3.16. The molecule has 0 fully saturated rings. The Bertz CT molecular complexity index is 714. The van der Waals surface area contributed by atoms with Gasteiger partial charge in [0.25, 0.3) is 5.91 Å². The molecular formula is C18H19NO6. The Kier molecular flexibility index (Phi) is 6.65. The average Bonchev–Trinajstić information content (AvgIpc) is 2.65. The van der Waals surface area contributed by atoms with Crippen LogP contribution in [0.15, 0.2) is 48.5 Å². The van der Waals surface area contributed by atoms with E-state index in [0.717, 1.165) is 0 Å². The fraction of sp³-hybridized carbons (Fsp3) is 0.222. The quantitative estimate of drug-likeness (QED) is 0.739. The van der Waals surface area contributed by atoms with Crippen molar-refractivity contribution in [2.45, 2.75) is 0 Å². The number of carbonyl (C=O) groups excluding carboxylic acids is 2. The van der Waals surface area contributed by atoms with Crippen LogP contribution >= 0.6 is 0 Å². The summed E-state index contributed by atoms with van der Waals surface area (Å²) in [6.07, 6.45) is 0. The lowest BCUT2D eigenvalue weighted by Crippen LogP contribution is -2.23. The molecule has 0 aliphatic carbocycles. The minimum absolute atomic E-state index is 0.297. The molecule has 2 aromatic carbocycles. The first kappa shape index (κ1) is 18.1. The van der Waals surface area contributed by atoms with Gasteiger partial charge in [-0.05, 0) is 36.4 Å². The molecule has 1 amide bonds. The van der Waals surface area contributed by atoms with Crippen molar-refractivity contribution in [2.24, 2.45) is 0 Å². The van der Waals surface area contributed by atoms with Crippen molar-refractivity contribution in [3.8, 4) is 17.2 Å². The van der Waals surface area contributed by atoms with Crippen molar-refractivity contribution in [3.63, 3.8) is 0 Å². The van der Waals surface area contributed by atoms with Gasteiger partial charge in [-0.2, -0.15) is 0 Å². The summed E-state index contributed by atoms with van der Waals surface area (Å²) in [7, 11) is 3.06. The van der Waals surface area contributed by atoms with Gasteiger partial charge in [0, 0.05) is 0 Å². The molecule has 0 aliphatic rings. The van der Waals surface area contributed by atoms with E-state index in [-0.39, 0.29) is 6.61 Å². The molecule has 25 heavy (non-hydrogen) atoms. The summed E-state index contributed by atoms with van der Waals surface area (Å²) in [4.78, 5) is 23.5. The number of hydrogen-bond donors (Lipinski definition) is 1. The number of rotatable bonds is 8. The molecule has 0 unspecified atom stereocenters. The van der Waals surface area contributed by atoms with Gasteiger partial charge in [-0.25, -0.2) is 4.79 Å². The number of hydrogen-bond acceptors (Lipinski definition) is 6. The number of para-hydroxylation sites is 2. The Morgan fingerprint density at radius 1 is 0.880 bits per heavy atom. The van der Waals surface area contributed by atoms with Crippen LogP contribution in [-0.4, -0.2) is 39.3 Å². The first-order valence-corrected chi connectivity index (χ1v) is 7.47. The summed E-state index contributed by atoms with van der Waals surface area (Å²) in [5.74, 6) is 0.581. The van der Waals surface area contributed by atoms with E-state index in [4.69, 9.17) is 18.9 Å². The largest absolute Gasteiger partial charge is 0.497 e. The molecule has 0 saturated heterocycles. The minimum atomic E-state index is -0.647. The van der Waals surface area contributed by atoms with Gasteiger partial charge in [0.15, 0.2) is 13.2 Å². The average molecular weight is 345 g/mol. The lowest BCUT2D eigenvalue weighted by atomic mass is 10.3. The maximum Gasteiger partial charge on any atom is 0.344 e. The van der Waals surface area contributed by atoms with Gasteiger partial charge in [0.2, 0.25) is 0 Å². The van der Waals surface area contributed by atoms with E-state index in [1.54, 1.807) is 55.6 Å². The van der Waals surface area contributed by atoms with E-state index in [1.165, 1.54) is 7.11 Å². The van der Waals surface area contributed by atoms with Gasteiger partial charge >= 0.3 is 5.97 Å². The van der Waals surface area contributed by atoms with E-state index in [9.17, 15) is 9.59 Å². The maximum absolute atomic E-state index is 11.8. The summed E-state index contributed by atoms with van der Waals surface area (Å²) >= 11 is 0. The van der Waals surface area contributed by atoms with Crippen molar-refractivity contribution in [1.29, 1.82) is 0 Å². The zero-order chi connectivity index (χ0) is 18.1. The molecule has 0 saturated carbocycles. The highest BCUT2D eigenvalue weighted by molar-refractivity contribution is 5.94. The molecule has 1 N–H and O–H groups in total. The van der Waals surface area contributed by atoms with Crippen LogP contribution in [0.25, 0.3) is 0 Å². The molecule has 0 aliphatic heterocycles. The van der Waals surface area contributed by atoms with Gasteiger partial charge in [0.1, 0.15) is 17.2 Å². The number of benzene rings is 2. The predicted molar refractivity (Wildman–Crippen MR) is 91.1 cm³/mol. The van der Waals surface area contributed by atoms with E-state index in [1.807, 2.05) is 0 Å². The van der Waals surface area contributed by atoms with Crippen LogP contribution in [0.1, 0.15) is 0 Å². The molecule has 7 nitrogen and oxygen atoms in total. The Labute approximate surface area is 145 Å². The van der Waals surface area contributed by atoms with E-state index in [0.29, 0.717) is 22.9 Å². The number of methoxy groups -OCH3 is 2. The summed E-state index contributed by atoms with van der Waals surface area (Å²) in [5, 5.41) is 2.61. The summed E-state index contributed by atoms with van der Waals surface area (Å²) in [5.41, 5.74) is 0.500. The van der Waals surface area contributed by atoms with Crippen LogP contribution in [0.2, 0.25) is 0 Å². The Hall–Kier alpha value is -3.22. The number of ether oxygens (including phenoxy) is 4. The monoisotopic (exact) mass is 345 g/mol. The standard InChI is InChI=1S/C18H19NO6/c1-22-13-7-9-14(10-8-13)24-12-18(21)25-11-17(20)19-15-5-3-4-6-16(15)23-2/h3-10H,11-12H2,1-2H3,(H,19,20). The van der Waals surface area contributed by atoms with Gasteiger partial charge in [0.05, 0.1) is 19.9 Å². The second-order valence-corrected chi connectivity index (χ2v) is 4.87. The second kappa shape index (κ2) is 9.17. The summed E-state index contributed by atoms with van der Waals surface area (Å²) < 4.78 is 20.3. The lowest BCUT2D eigenvalue weighted by molar-refractivity contribution is -0.149. The first-order chi connectivity index (χ1) is 12.1. The highest BCUT2D eigenvalue weighted by Crippen LogP contribution is 2.22. The molecule has 0 aromatic heterocycles. The number of nitrogens with one attached hydrogen (secondary N) is 1. The molecule has 2 rings (SSSR count). The maximum atomic E-state index is 11.8. The molecule has 2 aromatic rings. The molecule has 0 spiro atoms. The topological polar surface area (TPSA) is 83.1 Å². The Morgan fingerprint density at radius 3 is 2.24 bits per heavy atom. The highest BCUT2D eigenvalue weighted by atomic mass is 16.6. The third-order valence-corrected chi connectivity index (χ3v) is 3.16. The van der Waals surface area contributed by atoms with Gasteiger partial charge in [-0.3, -0.25) is 4.79 Å². The van der Waals surface area contributed by atoms with Crippen LogP contribution in [0.3, 0.4) is 0 Å². The predicted octanol–water partition coefficient (Wildman–Crippen LogP) is 2.26. The third kappa shape index (κ3) is 5.72. The Balaban J connectivity index is 1.74. The van der Waals surface area contributed by atoms with Crippen molar-refractivity contribution >= 4 is 17.6 Å². The highest BCUT2D eigenvalue weighted by Gasteiger charge is 2.11. The zero-order valence-corrected chi connectivity index (χ0v) is 14.0. The lowest BCUT2D eigenvalue weighted by Gasteiger charge is -2.10. The summed E-state index contributed by atoms with van der Waals surface area (Å²) in [6, 6.07) is 13.7. The Morgan fingerprint density at radius 2 is 1.56 bits per heavy atom. The zero-order valence-electron chi connectivity index (χ0n) is 14.0. The van der Waals surface area contributed by atoms with Gasteiger partial charge < -0.3 is 24.3 Å². The normalized spacial score (nSPS) is 9.84.